The van der Waals surface area contributed by atoms with Crippen LogP contribution in [0.4, 0.5) is 10.1 Å². The summed E-state index contributed by atoms with van der Waals surface area (Å²) >= 11 is 0. The van der Waals surface area contributed by atoms with Crippen LogP contribution in [0.1, 0.15) is 12.5 Å². The van der Waals surface area contributed by atoms with E-state index < -0.39 is 0 Å². The highest BCUT2D eigenvalue weighted by molar-refractivity contribution is 5.80. The molecule has 4 heteroatoms. The maximum Gasteiger partial charge on any atom is 0.124 e. The molecule has 0 bridgehead atoms. The summed E-state index contributed by atoms with van der Waals surface area (Å²) in [5.41, 5.74) is 8.58. The minimum Gasteiger partial charge on any atom is -0.494 e. The van der Waals surface area contributed by atoms with E-state index in [0.717, 1.165) is 22.2 Å². The maximum absolute atomic E-state index is 13.2. The number of hydrogen-bond acceptors (Lipinski definition) is 2. The van der Waals surface area contributed by atoms with Crippen LogP contribution in [0.15, 0.2) is 48.7 Å². The number of benzene rings is 2. The minimum atomic E-state index is -0.223. The van der Waals surface area contributed by atoms with Gasteiger partial charge in [0.15, 0.2) is 0 Å². The SMILES string of the molecule is CCOc1ccc(N)cc1Cn1ccc2cc(F)ccc21. The van der Waals surface area contributed by atoms with E-state index in [4.69, 9.17) is 10.5 Å². The van der Waals surface area contributed by atoms with Crippen LogP contribution in [0.5, 0.6) is 5.75 Å². The number of halogens is 1. The first-order valence-corrected chi connectivity index (χ1v) is 6.93. The van der Waals surface area contributed by atoms with Crippen molar-refractivity contribution in [1.82, 2.24) is 4.57 Å². The number of nitrogen functional groups attached to an aromatic ring is 1. The van der Waals surface area contributed by atoms with E-state index in [1.54, 1.807) is 6.07 Å². The molecule has 0 saturated heterocycles. The quantitative estimate of drug-likeness (QED) is 0.740. The van der Waals surface area contributed by atoms with Gasteiger partial charge in [0.2, 0.25) is 0 Å². The van der Waals surface area contributed by atoms with Crippen molar-refractivity contribution < 1.29 is 9.13 Å². The normalized spacial score (nSPS) is 11.0. The summed E-state index contributed by atoms with van der Waals surface area (Å²) < 4.78 is 20.9. The Morgan fingerprint density at radius 2 is 2.00 bits per heavy atom. The summed E-state index contributed by atoms with van der Waals surface area (Å²) in [6.45, 7) is 3.19. The lowest BCUT2D eigenvalue weighted by Gasteiger charge is -2.12. The molecular formula is C17H17FN2O. The van der Waals surface area contributed by atoms with Gasteiger partial charge in [0, 0.05) is 28.4 Å². The van der Waals surface area contributed by atoms with Crippen LogP contribution in [-0.4, -0.2) is 11.2 Å². The van der Waals surface area contributed by atoms with Crippen LogP contribution >= 0.6 is 0 Å². The highest BCUT2D eigenvalue weighted by atomic mass is 19.1. The molecule has 108 valence electrons. The van der Waals surface area contributed by atoms with Gasteiger partial charge >= 0.3 is 0 Å². The Balaban J connectivity index is 2.00. The molecule has 3 nitrogen and oxygen atoms in total. The van der Waals surface area contributed by atoms with Gasteiger partial charge in [-0.15, -0.1) is 0 Å². The summed E-state index contributed by atoms with van der Waals surface area (Å²) in [5.74, 6) is 0.606. The fraction of sp³-hybridized carbons (Fsp3) is 0.176. The summed E-state index contributed by atoms with van der Waals surface area (Å²) in [4.78, 5) is 0. The molecule has 21 heavy (non-hydrogen) atoms. The van der Waals surface area contributed by atoms with E-state index in [-0.39, 0.29) is 5.82 Å². The molecule has 0 spiro atoms. The lowest BCUT2D eigenvalue weighted by atomic mass is 10.1. The van der Waals surface area contributed by atoms with Crippen molar-refractivity contribution in [1.29, 1.82) is 0 Å². The van der Waals surface area contributed by atoms with Crippen LogP contribution in [0.3, 0.4) is 0 Å². The molecule has 0 fully saturated rings. The molecule has 2 N–H and O–H groups in total. The largest absolute Gasteiger partial charge is 0.494 e. The van der Waals surface area contributed by atoms with E-state index in [0.29, 0.717) is 18.8 Å². The average molecular weight is 284 g/mol. The van der Waals surface area contributed by atoms with Gasteiger partial charge in [0.05, 0.1) is 13.2 Å². The van der Waals surface area contributed by atoms with Gasteiger partial charge in [-0.3, -0.25) is 0 Å². The number of nitrogens with two attached hydrogens (primary N) is 1. The third-order valence-corrected chi connectivity index (χ3v) is 3.46. The van der Waals surface area contributed by atoms with Crippen molar-refractivity contribution >= 4 is 16.6 Å². The molecule has 0 radical (unpaired) electrons. The lowest BCUT2D eigenvalue weighted by molar-refractivity contribution is 0.336. The van der Waals surface area contributed by atoms with E-state index >= 15 is 0 Å². The van der Waals surface area contributed by atoms with Gasteiger partial charge in [-0.05, 0) is 49.4 Å². The minimum absolute atomic E-state index is 0.223. The Bertz CT molecular complexity index is 780. The number of anilines is 1. The molecule has 0 unspecified atom stereocenters. The number of rotatable bonds is 4. The number of nitrogens with zero attached hydrogens (tertiary/aromatic N) is 1. The third-order valence-electron chi connectivity index (χ3n) is 3.46. The van der Waals surface area contributed by atoms with Gasteiger partial charge in [-0.1, -0.05) is 0 Å². The van der Waals surface area contributed by atoms with Crippen LogP contribution < -0.4 is 10.5 Å². The molecule has 1 heterocycles. The fourth-order valence-electron chi connectivity index (χ4n) is 2.51. The molecule has 0 amide bonds. The Hall–Kier alpha value is -2.49. The summed E-state index contributed by atoms with van der Waals surface area (Å²) in [6, 6.07) is 12.3. The zero-order valence-corrected chi connectivity index (χ0v) is 11.8. The van der Waals surface area contributed by atoms with Gasteiger partial charge in [-0.2, -0.15) is 0 Å². The third kappa shape index (κ3) is 2.70. The van der Waals surface area contributed by atoms with Crippen molar-refractivity contribution in [3.05, 3.63) is 60.0 Å². The molecule has 1 aromatic heterocycles. The Morgan fingerprint density at radius 1 is 1.14 bits per heavy atom. The van der Waals surface area contributed by atoms with Gasteiger partial charge < -0.3 is 15.0 Å². The smallest absolute Gasteiger partial charge is 0.124 e. The molecular weight excluding hydrogens is 267 g/mol. The van der Waals surface area contributed by atoms with Crippen molar-refractivity contribution in [2.24, 2.45) is 0 Å². The molecule has 0 saturated carbocycles. The predicted molar refractivity (Wildman–Crippen MR) is 83.0 cm³/mol. The van der Waals surface area contributed by atoms with Crippen LogP contribution in [-0.2, 0) is 6.54 Å². The highest BCUT2D eigenvalue weighted by Crippen LogP contribution is 2.25. The van der Waals surface area contributed by atoms with Gasteiger partial charge in [-0.25, -0.2) is 4.39 Å². The topological polar surface area (TPSA) is 40.2 Å². The van der Waals surface area contributed by atoms with Crippen molar-refractivity contribution in [2.45, 2.75) is 13.5 Å². The fourth-order valence-corrected chi connectivity index (χ4v) is 2.51. The van der Waals surface area contributed by atoms with Crippen LogP contribution in [0, 0.1) is 5.82 Å². The van der Waals surface area contributed by atoms with Gasteiger partial charge in [0.25, 0.3) is 0 Å². The van der Waals surface area contributed by atoms with E-state index in [2.05, 4.69) is 4.57 Å². The summed E-state index contributed by atoms with van der Waals surface area (Å²) in [5, 5.41) is 0.886. The zero-order chi connectivity index (χ0) is 14.8. The molecule has 0 aliphatic rings. The number of aromatic nitrogens is 1. The Labute approximate surface area is 122 Å². The second-order valence-corrected chi connectivity index (χ2v) is 4.95. The van der Waals surface area contributed by atoms with Crippen molar-refractivity contribution in [3.63, 3.8) is 0 Å². The van der Waals surface area contributed by atoms with Crippen molar-refractivity contribution in [2.75, 3.05) is 12.3 Å². The predicted octanol–water partition coefficient (Wildman–Crippen LogP) is 3.81. The van der Waals surface area contributed by atoms with Crippen LogP contribution in [0.25, 0.3) is 10.9 Å². The highest BCUT2D eigenvalue weighted by Gasteiger charge is 2.08. The Kier molecular flexibility index (Phi) is 3.52. The first-order valence-electron chi connectivity index (χ1n) is 6.93. The summed E-state index contributed by atoms with van der Waals surface area (Å²) in [7, 11) is 0. The molecule has 0 aliphatic heterocycles. The van der Waals surface area contributed by atoms with Gasteiger partial charge in [0.1, 0.15) is 11.6 Å². The summed E-state index contributed by atoms with van der Waals surface area (Å²) in [6.07, 6.45) is 1.95. The Morgan fingerprint density at radius 3 is 2.81 bits per heavy atom. The molecule has 3 rings (SSSR count). The lowest BCUT2D eigenvalue weighted by Crippen LogP contribution is -2.03. The monoisotopic (exact) mass is 284 g/mol. The number of fused-ring (bicyclic) bond motifs is 1. The molecule has 0 atom stereocenters. The first-order chi connectivity index (χ1) is 10.2. The zero-order valence-electron chi connectivity index (χ0n) is 11.8. The number of hydrogen-bond donors (Lipinski definition) is 1. The molecule has 2 aromatic carbocycles. The van der Waals surface area contributed by atoms with Crippen molar-refractivity contribution in [3.8, 4) is 5.75 Å². The van der Waals surface area contributed by atoms with E-state index in [1.165, 1.54) is 12.1 Å². The van der Waals surface area contributed by atoms with Crippen LogP contribution in [0.2, 0.25) is 0 Å². The standard InChI is InChI=1S/C17H17FN2O/c1-2-21-17-6-4-15(19)10-13(17)11-20-8-7-12-9-14(18)3-5-16(12)20/h3-10H,2,11,19H2,1H3. The first kappa shape index (κ1) is 13.5. The maximum atomic E-state index is 13.2. The van der Waals surface area contributed by atoms with E-state index in [1.807, 2.05) is 37.4 Å². The molecule has 3 aromatic rings. The number of ether oxygens (including phenoxy) is 1. The second kappa shape index (κ2) is 5.48. The van der Waals surface area contributed by atoms with E-state index in [9.17, 15) is 4.39 Å². The second-order valence-electron chi connectivity index (χ2n) is 4.95. The molecule has 0 aliphatic carbocycles. The average Bonchev–Trinajstić information content (AvgIpc) is 2.84.